The summed E-state index contributed by atoms with van der Waals surface area (Å²) in [6, 6.07) is 9.29. The van der Waals surface area contributed by atoms with Crippen LogP contribution in [0.3, 0.4) is 0 Å². The zero-order chi connectivity index (χ0) is 19.0. The van der Waals surface area contributed by atoms with Crippen molar-refractivity contribution in [1.29, 1.82) is 0 Å². The molecule has 0 fully saturated rings. The van der Waals surface area contributed by atoms with E-state index in [9.17, 15) is 0 Å². The number of nitrogens with zero attached hydrogens (tertiary/aromatic N) is 3. The molecule has 4 rings (SSSR count). The number of thiophene rings is 1. The van der Waals surface area contributed by atoms with E-state index < -0.39 is 0 Å². The lowest BCUT2D eigenvalue weighted by molar-refractivity contribution is 1.11. The zero-order valence-electron chi connectivity index (χ0n) is 14.1. The van der Waals surface area contributed by atoms with Gasteiger partial charge in [0.15, 0.2) is 5.82 Å². The molecule has 3 heterocycles. The highest BCUT2D eigenvalue weighted by Crippen LogP contribution is 2.38. The second-order valence-electron chi connectivity index (χ2n) is 5.89. The van der Waals surface area contributed by atoms with Gasteiger partial charge in [0.05, 0.1) is 20.5 Å². The van der Waals surface area contributed by atoms with Gasteiger partial charge in [-0.05, 0) is 36.8 Å². The smallest absolute Gasteiger partial charge is 0.163 e. The molecular weight excluding hydrogens is 423 g/mol. The predicted molar refractivity (Wildman–Crippen MR) is 114 cm³/mol. The number of fused-ring (bicyclic) bond motifs is 1. The molecule has 0 saturated carbocycles. The monoisotopic (exact) mass is 434 g/mol. The first-order chi connectivity index (χ1) is 13.0. The van der Waals surface area contributed by atoms with Crippen LogP contribution >= 0.6 is 46.1 Å². The molecule has 8 heteroatoms. The highest BCUT2D eigenvalue weighted by atomic mass is 35.5. The number of hydrogen-bond acceptors (Lipinski definition) is 5. The minimum Gasteiger partial charge on any atom is -0.365 e. The third kappa shape index (κ3) is 3.73. The Morgan fingerprint density at radius 2 is 1.78 bits per heavy atom. The van der Waals surface area contributed by atoms with Crippen molar-refractivity contribution in [2.45, 2.75) is 13.5 Å². The van der Waals surface area contributed by atoms with Crippen molar-refractivity contribution in [3.05, 3.63) is 68.2 Å². The van der Waals surface area contributed by atoms with E-state index in [1.165, 1.54) is 0 Å². The number of nitrogens with one attached hydrogen (secondary N) is 1. The molecule has 27 heavy (non-hydrogen) atoms. The zero-order valence-corrected chi connectivity index (χ0v) is 17.2. The van der Waals surface area contributed by atoms with Crippen molar-refractivity contribution < 1.29 is 0 Å². The van der Waals surface area contributed by atoms with Gasteiger partial charge in [-0.3, -0.25) is 4.98 Å². The van der Waals surface area contributed by atoms with E-state index in [1.807, 2.05) is 31.2 Å². The molecule has 0 spiro atoms. The quantitative estimate of drug-likeness (QED) is 0.390. The molecule has 0 aliphatic carbocycles. The Morgan fingerprint density at radius 3 is 2.52 bits per heavy atom. The second kappa shape index (κ2) is 7.60. The van der Waals surface area contributed by atoms with Crippen molar-refractivity contribution in [1.82, 2.24) is 15.0 Å². The topological polar surface area (TPSA) is 50.7 Å². The molecule has 1 aromatic carbocycles. The molecule has 0 aliphatic heterocycles. The van der Waals surface area contributed by atoms with Crippen molar-refractivity contribution in [3.63, 3.8) is 0 Å². The molecule has 0 unspecified atom stereocenters. The van der Waals surface area contributed by atoms with Gasteiger partial charge >= 0.3 is 0 Å². The summed E-state index contributed by atoms with van der Waals surface area (Å²) < 4.78 is 0. The molecule has 4 nitrogen and oxygen atoms in total. The molecule has 0 aliphatic rings. The maximum Gasteiger partial charge on any atom is 0.163 e. The van der Waals surface area contributed by atoms with Gasteiger partial charge in [0.1, 0.15) is 10.6 Å². The Kier molecular flexibility index (Phi) is 5.19. The molecular formula is C19H13Cl3N4S. The first-order valence-electron chi connectivity index (χ1n) is 8.08. The lowest BCUT2D eigenvalue weighted by Gasteiger charge is -2.10. The van der Waals surface area contributed by atoms with Crippen LogP contribution in [0.2, 0.25) is 15.1 Å². The van der Waals surface area contributed by atoms with Gasteiger partial charge in [-0.1, -0.05) is 40.9 Å². The maximum atomic E-state index is 6.51. The summed E-state index contributed by atoms with van der Waals surface area (Å²) in [5, 5.41) is 5.92. The minimum atomic E-state index is 0.519. The lowest BCUT2D eigenvalue weighted by Crippen LogP contribution is -2.04. The molecule has 4 aromatic rings. The molecule has 1 N–H and O–H groups in total. The summed E-state index contributed by atoms with van der Waals surface area (Å²) >= 11 is 20.2. The normalized spacial score (nSPS) is 11.1. The summed E-state index contributed by atoms with van der Waals surface area (Å²) in [5.74, 6) is 1.31. The van der Waals surface area contributed by atoms with Crippen LogP contribution in [-0.2, 0) is 6.54 Å². The van der Waals surface area contributed by atoms with E-state index in [0.717, 1.165) is 26.2 Å². The van der Waals surface area contributed by atoms with Crippen LogP contribution in [0.25, 0.3) is 21.6 Å². The summed E-state index contributed by atoms with van der Waals surface area (Å²) in [4.78, 5) is 15.3. The fourth-order valence-corrected chi connectivity index (χ4v) is 4.26. The number of anilines is 1. The highest BCUT2D eigenvalue weighted by molar-refractivity contribution is 7.19. The average molecular weight is 436 g/mol. The standard InChI is InChI=1S/C19H13Cl3N4S/c1-10-16(22)15-18(24-9-11-2-3-13(20)14(21)8-11)25-17(26-19(15)27-10)12-4-6-23-7-5-12/h2-8H,9H2,1H3,(H,24,25,26). The van der Waals surface area contributed by atoms with E-state index in [2.05, 4.69) is 15.3 Å². The van der Waals surface area contributed by atoms with Crippen LogP contribution in [0.15, 0.2) is 42.7 Å². The van der Waals surface area contributed by atoms with Gasteiger partial charge in [0, 0.05) is 29.4 Å². The van der Waals surface area contributed by atoms with Crippen molar-refractivity contribution in [2.24, 2.45) is 0 Å². The number of benzene rings is 1. The third-order valence-corrected chi connectivity index (χ3v) is 6.36. The number of halogens is 3. The van der Waals surface area contributed by atoms with Gasteiger partial charge < -0.3 is 5.32 Å². The Balaban J connectivity index is 1.76. The van der Waals surface area contributed by atoms with Crippen molar-refractivity contribution >= 4 is 62.2 Å². The Morgan fingerprint density at radius 1 is 1.00 bits per heavy atom. The average Bonchev–Trinajstić information content (AvgIpc) is 2.97. The van der Waals surface area contributed by atoms with Crippen LogP contribution in [0.4, 0.5) is 5.82 Å². The Labute approximate surface area is 175 Å². The number of hydrogen-bond donors (Lipinski definition) is 1. The van der Waals surface area contributed by atoms with E-state index in [1.54, 1.807) is 29.8 Å². The summed E-state index contributed by atoms with van der Waals surface area (Å²) in [6.07, 6.45) is 3.44. The van der Waals surface area contributed by atoms with Gasteiger partial charge in [0.25, 0.3) is 0 Å². The minimum absolute atomic E-state index is 0.519. The van der Waals surface area contributed by atoms with Gasteiger partial charge in [-0.25, -0.2) is 9.97 Å². The molecule has 136 valence electrons. The second-order valence-corrected chi connectivity index (χ2v) is 8.28. The van der Waals surface area contributed by atoms with Crippen LogP contribution in [0.5, 0.6) is 0 Å². The van der Waals surface area contributed by atoms with Crippen LogP contribution in [-0.4, -0.2) is 15.0 Å². The van der Waals surface area contributed by atoms with Crippen molar-refractivity contribution in [2.75, 3.05) is 5.32 Å². The summed E-state index contributed by atoms with van der Waals surface area (Å²) in [7, 11) is 0. The van der Waals surface area contributed by atoms with Crippen LogP contribution in [0, 0.1) is 6.92 Å². The predicted octanol–water partition coefficient (Wildman–Crippen LogP) is 6.63. The highest BCUT2D eigenvalue weighted by Gasteiger charge is 2.16. The van der Waals surface area contributed by atoms with Crippen LogP contribution < -0.4 is 5.32 Å². The summed E-state index contributed by atoms with van der Waals surface area (Å²) in [5.41, 5.74) is 1.89. The van der Waals surface area contributed by atoms with E-state index in [4.69, 9.17) is 39.8 Å². The molecule has 0 bridgehead atoms. The fourth-order valence-electron chi connectivity index (χ4n) is 2.67. The molecule has 0 atom stereocenters. The molecule has 3 aromatic heterocycles. The van der Waals surface area contributed by atoms with E-state index in [0.29, 0.717) is 33.3 Å². The third-order valence-electron chi connectivity index (χ3n) is 4.04. The largest absolute Gasteiger partial charge is 0.365 e. The van der Waals surface area contributed by atoms with E-state index in [-0.39, 0.29) is 0 Å². The molecule has 0 radical (unpaired) electrons. The number of rotatable bonds is 4. The molecule has 0 saturated heterocycles. The Bertz CT molecular complexity index is 1130. The van der Waals surface area contributed by atoms with Gasteiger partial charge in [-0.2, -0.15) is 0 Å². The fraction of sp³-hybridized carbons (Fsp3) is 0.105. The maximum absolute atomic E-state index is 6.51. The first kappa shape index (κ1) is 18.4. The number of aromatic nitrogens is 3. The first-order valence-corrected chi connectivity index (χ1v) is 10.0. The SMILES string of the molecule is Cc1sc2nc(-c3ccncc3)nc(NCc3ccc(Cl)c(Cl)c3)c2c1Cl. The molecule has 0 amide bonds. The van der Waals surface area contributed by atoms with Gasteiger partial charge in [0.2, 0.25) is 0 Å². The lowest BCUT2D eigenvalue weighted by atomic mass is 10.2. The Hall–Kier alpha value is -1.92. The van der Waals surface area contributed by atoms with Gasteiger partial charge in [-0.15, -0.1) is 11.3 Å². The number of aryl methyl sites for hydroxylation is 1. The summed E-state index contributed by atoms with van der Waals surface area (Å²) in [6.45, 7) is 2.51. The van der Waals surface area contributed by atoms with E-state index >= 15 is 0 Å². The van der Waals surface area contributed by atoms with Crippen molar-refractivity contribution in [3.8, 4) is 11.4 Å². The van der Waals surface area contributed by atoms with Crippen LogP contribution in [0.1, 0.15) is 10.4 Å². The number of pyridine rings is 1.